The number of rotatable bonds is 4. The third kappa shape index (κ3) is 2.46. The van der Waals surface area contributed by atoms with E-state index in [-0.39, 0.29) is 0 Å². The summed E-state index contributed by atoms with van der Waals surface area (Å²) in [6, 6.07) is 8.94. The van der Waals surface area contributed by atoms with Crippen LogP contribution in [0.3, 0.4) is 0 Å². The summed E-state index contributed by atoms with van der Waals surface area (Å²) in [6.07, 6.45) is 7.07. The number of benzene rings is 1. The van der Waals surface area contributed by atoms with E-state index in [4.69, 9.17) is 0 Å². The van der Waals surface area contributed by atoms with Crippen LogP contribution >= 0.6 is 0 Å². The fraction of sp³-hybridized carbons (Fsp3) is 0.385. The summed E-state index contributed by atoms with van der Waals surface area (Å²) >= 11 is 0. The van der Waals surface area contributed by atoms with Gasteiger partial charge in [-0.2, -0.15) is 0 Å². The minimum Gasteiger partial charge on any atom is -0.316 e. The fourth-order valence-corrected chi connectivity index (χ4v) is 1.61. The molecular formula is C13H17N. The van der Waals surface area contributed by atoms with Crippen LogP contribution in [0.15, 0.2) is 30.3 Å². The monoisotopic (exact) mass is 187 g/mol. The van der Waals surface area contributed by atoms with Crippen LogP contribution in [0.1, 0.15) is 29.9 Å². The van der Waals surface area contributed by atoms with Gasteiger partial charge in [0.25, 0.3) is 0 Å². The molecule has 14 heavy (non-hydrogen) atoms. The average Bonchev–Trinajstić information content (AvgIpc) is 3.03. The summed E-state index contributed by atoms with van der Waals surface area (Å²) in [5.74, 6) is 0.866. The first-order valence-electron chi connectivity index (χ1n) is 5.31. The van der Waals surface area contributed by atoms with Crippen LogP contribution in [-0.2, 0) is 0 Å². The molecule has 0 amide bonds. The Balaban J connectivity index is 1.98. The molecule has 2 rings (SSSR count). The van der Waals surface area contributed by atoms with E-state index in [2.05, 4.69) is 41.7 Å². The molecule has 1 heteroatoms. The molecule has 0 bridgehead atoms. The molecule has 1 aliphatic rings. The van der Waals surface area contributed by atoms with E-state index in [1.54, 1.807) is 0 Å². The first kappa shape index (κ1) is 9.47. The zero-order chi connectivity index (χ0) is 9.80. The minimum absolute atomic E-state index is 0.866. The number of hydrogen-bond acceptors (Lipinski definition) is 1. The molecule has 0 heterocycles. The quantitative estimate of drug-likeness (QED) is 0.764. The molecule has 1 aromatic rings. The van der Waals surface area contributed by atoms with E-state index in [1.165, 1.54) is 24.0 Å². The maximum atomic E-state index is 3.09. The molecule has 1 N–H and O–H groups in total. The van der Waals surface area contributed by atoms with Crippen molar-refractivity contribution in [3.63, 3.8) is 0 Å². The summed E-state index contributed by atoms with van der Waals surface area (Å²) in [5.41, 5.74) is 2.81. The third-order valence-corrected chi connectivity index (χ3v) is 2.62. The molecule has 0 aliphatic heterocycles. The van der Waals surface area contributed by atoms with Crippen LogP contribution < -0.4 is 5.32 Å². The van der Waals surface area contributed by atoms with E-state index in [0.717, 1.165) is 12.5 Å². The van der Waals surface area contributed by atoms with Crippen molar-refractivity contribution in [2.24, 2.45) is 0 Å². The smallest absolute Gasteiger partial charge is 0.0135 e. The topological polar surface area (TPSA) is 12.0 Å². The van der Waals surface area contributed by atoms with E-state index in [1.807, 2.05) is 7.05 Å². The first-order valence-corrected chi connectivity index (χ1v) is 5.31. The Morgan fingerprint density at radius 1 is 1.29 bits per heavy atom. The van der Waals surface area contributed by atoms with E-state index >= 15 is 0 Å². The molecule has 0 atom stereocenters. The van der Waals surface area contributed by atoms with Crippen molar-refractivity contribution in [2.75, 3.05) is 13.6 Å². The standard InChI is InChI=1S/C13H17N/c1-14-10-2-3-11-4-6-12(7-5-11)13-8-9-13/h2-7,13-14H,8-10H2,1H3. The maximum Gasteiger partial charge on any atom is 0.0135 e. The zero-order valence-electron chi connectivity index (χ0n) is 8.66. The predicted octanol–water partition coefficient (Wildman–Crippen LogP) is 2.80. The van der Waals surface area contributed by atoms with Crippen LogP contribution in [0.5, 0.6) is 0 Å². The van der Waals surface area contributed by atoms with Gasteiger partial charge in [0.2, 0.25) is 0 Å². The predicted molar refractivity (Wildman–Crippen MR) is 61.4 cm³/mol. The Hall–Kier alpha value is -1.08. The minimum atomic E-state index is 0.866. The van der Waals surface area contributed by atoms with Gasteiger partial charge < -0.3 is 5.32 Å². The average molecular weight is 187 g/mol. The van der Waals surface area contributed by atoms with E-state index in [0.29, 0.717) is 0 Å². The highest BCUT2D eigenvalue weighted by Gasteiger charge is 2.22. The molecule has 1 fully saturated rings. The number of hydrogen-bond donors (Lipinski definition) is 1. The van der Waals surface area contributed by atoms with Crippen LogP contribution in [0.2, 0.25) is 0 Å². The number of nitrogens with one attached hydrogen (secondary N) is 1. The van der Waals surface area contributed by atoms with Crippen molar-refractivity contribution in [2.45, 2.75) is 18.8 Å². The van der Waals surface area contributed by atoms with E-state index < -0.39 is 0 Å². The lowest BCUT2D eigenvalue weighted by Gasteiger charge is -1.98. The highest BCUT2D eigenvalue weighted by molar-refractivity contribution is 5.50. The van der Waals surface area contributed by atoms with Crippen LogP contribution in [-0.4, -0.2) is 13.6 Å². The Kier molecular flexibility index (Phi) is 3.00. The van der Waals surface area contributed by atoms with Gasteiger partial charge in [-0.05, 0) is 36.9 Å². The Morgan fingerprint density at radius 2 is 2.00 bits per heavy atom. The summed E-state index contributed by atoms with van der Waals surface area (Å²) in [4.78, 5) is 0. The largest absolute Gasteiger partial charge is 0.316 e. The Bertz CT molecular complexity index is 307. The van der Waals surface area contributed by atoms with Crippen molar-refractivity contribution in [3.8, 4) is 0 Å². The van der Waals surface area contributed by atoms with Gasteiger partial charge in [-0.3, -0.25) is 0 Å². The van der Waals surface area contributed by atoms with Gasteiger partial charge in [-0.25, -0.2) is 0 Å². The van der Waals surface area contributed by atoms with Crippen LogP contribution in [0.4, 0.5) is 0 Å². The van der Waals surface area contributed by atoms with Crippen molar-refractivity contribution >= 4 is 6.08 Å². The van der Waals surface area contributed by atoms with Crippen molar-refractivity contribution in [1.29, 1.82) is 0 Å². The molecule has 0 unspecified atom stereocenters. The summed E-state index contributed by atoms with van der Waals surface area (Å²) < 4.78 is 0. The lowest BCUT2D eigenvalue weighted by atomic mass is 10.1. The second-order valence-corrected chi connectivity index (χ2v) is 3.90. The van der Waals surface area contributed by atoms with Gasteiger partial charge in [0.05, 0.1) is 0 Å². The Morgan fingerprint density at radius 3 is 2.57 bits per heavy atom. The first-order chi connectivity index (χ1) is 6.90. The highest BCUT2D eigenvalue weighted by atomic mass is 14.8. The molecule has 1 nitrogen and oxygen atoms in total. The molecule has 0 saturated heterocycles. The summed E-state index contributed by atoms with van der Waals surface area (Å²) in [5, 5.41) is 3.09. The van der Waals surface area contributed by atoms with Gasteiger partial charge in [0, 0.05) is 6.54 Å². The lowest BCUT2D eigenvalue weighted by Crippen LogP contribution is -2.03. The second-order valence-electron chi connectivity index (χ2n) is 3.90. The molecular weight excluding hydrogens is 170 g/mol. The van der Waals surface area contributed by atoms with Gasteiger partial charge >= 0.3 is 0 Å². The summed E-state index contributed by atoms with van der Waals surface area (Å²) in [7, 11) is 1.96. The van der Waals surface area contributed by atoms with Crippen molar-refractivity contribution in [3.05, 3.63) is 41.5 Å². The molecule has 74 valence electrons. The van der Waals surface area contributed by atoms with E-state index in [9.17, 15) is 0 Å². The molecule has 1 aliphatic carbocycles. The molecule has 0 spiro atoms. The normalized spacial score (nSPS) is 16.4. The molecule has 1 saturated carbocycles. The van der Waals surface area contributed by atoms with Crippen molar-refractivity contribution < 1.29 is 0 Å². The van der Waals surface area contributed by atoms with Crippen molar-refractivity contribution in [1.82, 2.24) is 5.32 Å². The third-order valence-electron chi connectivity index (χ3n) is 2.62. The molecule has 1 aromatic carbocycles. The SMILES string of the molecule is CNCC=Cc1ccc(C2CC2)cc1. The fourth-order valence-electron chi connectivity index (χ4n) is 1.61. The van der Waals surface area contributed by atoms with Gasteiger partial charge in [-0.1, -0.05) is 36.4 Å². The maximum absolute atomic E-state index is 3.09. The Labute approximate surface area is 85.8 Å². The molecule has 0 aromatic heterocycles. The van der Waals surface area contributed by atoms with Gasteiger partial charge in [0.1, 0.15) is 0 Å². The summed E-state index contributed by atoms with van der Waals surface area (Å²) in [6.45, 7) is 0.935. The van der Waals surface area contributed by atoms with Gasteiger partial charge in [-0.15, -0.1) is 0 Å². The van der Waals surface area contributed by atoms with Crippen LogP contribution in [0, 0.1) is 0 Å². The number of likely N-dealkylation sites (N-methyl/N-ethyl adjacent to an activating group) is 1. The highest BCUT2D eigenvalue weighted by Crippen LogP contribution is 2.39. The van der Waals surface area contributed by atoms with Crippen LogP contribution in [0.25, 0.3) is 6.08 Å². The zero-order valence-corrected chi connectivity index (χ0v) is 8.66. The second kappa shape index (κ2) is 4.43. The molecule has 0 radical (unpaired) electrons. The van der Waals surface area contributed by atoms with Gasteiger partial charge in [0.15, 0.2) is 0 Å². The lowest BCUT2D eigenvalue weighted by molar-refractivity contribution is 0.922.